The first-order valence-corrected chi connectivity index (χ1v) is 25.0. The van der Waals surface area contributed by atoms with Crippen LogP contribution in [0.3, 0.4) is 0 Å². The highest BCUT2D eigenvalue weighted by Gasteiger charge is 2.50. The van der Waals surface area contributed by atoms with Crippen molar-refractivity contribution in [1.29, 1.82) is 0 Å². The summed E-state index contributed by atoms with van der Waals surface area (Å²) in [6.07, 6.45) is 8.95. The van der Waals surface area contributed by atoms with Gasteiger partial charge in [0.1, 0.15) is 0 Å². The molecule has 9 aromatic rings. The molecule has 0 unspecified atom stereocenters. The number of fused-ring (bicyclic) bond motifs is 8. The van der Waals surface area contributed by atoms with Gasteiger partial charge in [-0.05, 0) is 132 Å². The van der Waals surface area contributed by atoms with Crippen molar-refractivity contribution in [3.63, 3.8) is 0 Å². The van der Waals surface area contributed by atoms with E-state index in [1.54, 1.807) is 0 Å². The summed E-state index contributed by atoms with van der Waals surface area (Å²) in [6.45, 7) is 28.0. The minimum atomic E-state index is -0.171. The second-order valence-corrected chi connectivity index (χ2v) is 24.2. The maximum Gasteiger partial charge on any atom is 0.351 e. The van der Waals surface area contributed by atoms with E-state index in [1.165, 1.54) is 122 Å². The highest BCUT2D eigenvalue weighted by atomic mass is 15.2. The molecule has 2 aliphatic heterocycles. The first-order valence-electron chi connectivity index (χ1n) is 25.0. The van der Waals surface area contributed by atoms with Crippen LogP contribution in [0.5, 0.6) is 0 Å². The molecule has 0 bridgehead atoms. The van der Waals surface area contributed by atoms with E-state index < -0.39 is 0 Å². The van der Waals surface area contributed by atoms with Gasteiger partial charge in [0.25, 0.3) is 0 Å². The van der Waals surface area contributed by atoms with Gasteiger partial charge in [-0.1, -0.05) is 186 Å². The Labute approximate surface area is 404 Å². The van der Waals surface area contributed by atoms with E-state index in [4.69, 9.17) is 0 Å². The third-order valence-electron chi connectivity index (χ3n) is 15.5. The molecule has 68 heavy (non-hydrogen) atoms. The van der Waals surface area contributed by atoms with Crippen LogP contribution in [0.4, 0.5) is 28.4 Å². The number of anilines is 5. The molecule has 0 amide bonds. The van der Waals surface area contributed by atoms with Crippen LogP contribution in [0.1, 0.15) is 118 Å². The molecule has 4 heteroatoms. The normalized spacial score (nSPS) is 15.2. The molecule has 0 radical (unpaired) electrons. The Balaban J connectivity index is 1.34. The van der Waals surface area contributed by atoms with E-state index in [9.17, 15) is 0 Å². The quantitative estimate of drug-likeness (QED) is 0.129. The zero-order valence-corrected chi connectivity index (χ0v) is 42.2. The topological polar surface area (TPSA) is 11.4 Å². The minimum absolute atomic E-state index is 0.0152. The van der Waals surface area contributed by atoms with Crippen molar-refractivity contribution in [1.82, 2.24) is 4.57 Å². The average Bonchev–Trinajstić information content (AvgIpc) is 3.65. The number of benzene rings is 8. The second kappa shape index (κ2) is 14.5. The first kappa shape index (κ1) is 42.8. The molecule has 3 aliphatic rings. The molecular formula is C64H64BN3. The molecule has 1 aliphatic carbocycles. The van der Waals surface area contributed by atoms with Crippen molar-refractivity contribution in [3.8, 4) is 11.1 Å². The van der Waals surface area contributed by atoms with Gasteiger partial charge in [0, 0.05) is 50.1 Å². The molecule has 0 saturated carbocycles. The summed E-state index contributed by atoms with van der Waals surface area (Å²) in [6, 6.07) is 50.3. The molecule has 0 spiro atoms. The number of hydrogen-bond acceptors (Lipinski definition) is 2. The highest BCUT2D eigenvalue weighted by molar-refractivity contribution is 6.94. The summed E-state index contributed by atoms with van der Waals surface area (Å²) in [5.41, 5.74) is 19.4. The summed E-state index contributed by atoms with van der Waals surface area (Å²) in [5.74, 6) is 0. The van der Waals surface area contributed by atoms with Gasteiger partial charge in [0.05, 0.1) is 16.9 Å². The van der Waals surface area contributed by atoms with Gasteiger partial charge in [-0.2, -0.15) is 0 Å². The monoisotopic (exact) mass is 886 g/mol. The van der Waals surface area contributed by atoms with Gasteiger partial charge in [-0.25, -0.2) is 0 Å². The van der Waals surface area contributed by atoms with Crippen LogP contribution in [-0.4, -0.2) is 11.4 Å². The lowest BCUT2D eigenvalue weighted by Gasteiger charge is -2.47. The maximum absolute atomic E-state index is 2.75. The smallest absolute Gasteiger partial charge is 0.351 e. The van der Waals surface area contributed by atoms with E-state index >= 15 is 0 Å². The predicted octanol–water partition coefficient (Wildman–Crippen LogP) is 16.6. The number of para-hydroxylation sites is 2. The van der Waals surface area contributed by atoms with Gasteiger partial charge in [-0.15, -0.1) is 0 Å². The molecule has 12 rings (SSSR count). The fourth-order valence-corrected chi connectivity index (χ4v) is 12.0. The lowest BCUT2D eigenvalue weighted by Crippen LogP contribution is -2.63. The Bertz CT molecular complexity index is 3590. The Morgan fingerprint density at radius 2 is 1.16 bits per heavy atom. The van der Waals surface area contributed by atoms with Gasteiger partial charge in [-0.3, -0.25) is 0 Å². The van der Waals surface area contributed by atoms with Gasteiger partial charge in [0.2, 0.25) is 0 Å². The summed E-state index contributed by atoms with van der Waals surface area (Å²) < 4.78 is 2.68. The van der Waals surface area contributed by atoms with E-state index in [-0.39, 0.29) is 28.5 Å². The number of allylic oxidation sites excluding steroid dienone is 4. The maximum atomic E-state index is 2.75. The van der Waals surface area contributed by atoms with Crippen LogP contribution in [0, 0.1) is 0 Å². The second-order valence-electron chi connectivity index (χ2n) is 24.2. The van der Waals surface area contributed by atoms with Gasteiger partial charge >= 0.3 is 6.85 Å². The lowest BCUT2D eigenvalue weighted by molar-refractivity contribution is 0.590. The molecule has 3 heterocycles. The van der Waals surface area contributed by atoms with Gasteiger partial charge < -0.3 is 14.3 Å². The molecule has 0 N–H and O–H groups in total. The molecule has 338 valence electrons. The molecular weight excluding hydrogens is 822 g/mol. The van der Waals surface area contributed by atoms with Gasteiger partial charge in [0.15, 0.2) is 0 Å². The SMILES string of the molecule is CC(C)(C)c1ccc(N2B3c4c(c5ccc6cc(C(C)(C)C)cc7ccc(c4N(c4ccccc4C(C)(C)C)c4c3n(C3=CC=CCC3)c3ccccc43)c5c67)-c3cc(C(C)(C)C)ccc32)cc1. The Hall–Kier alpha value is -6.52. The standard InChI is InChI=1S/C64H64BN3/c1-61(2,3)41-28-31-45(32-29-41)68-52-35-30-42(62(4,5)6)38-49(52)56-47-33-26-39-36-43(63(7,8)9)37-40-27-34-48(55(47)54(39)40)58-57(56)65(68)60-59(67(58)53-25-19-17-23-50(53)64(10,11)12)46-22-16-18-24-51(46)66(60)44-20-14-13-15-21-44/h13-14,16-20,22-38H,15,21H2,1-12H3. The van der Waals surface area contributed by atoms with Crippen LogP contribution in [0.25, 0.3) is 60.0 Å². The highest BCUT2D eigenvalue weighted by Crippen LogP contribution is 2.56. The van der Waals surface area contributed by atoms with Crippen LogP contribution in [0.15, 0.2) is 146 Å². The van der Waals surface area contributed by atoms with Crippen molar-refractivity contribution >= 4 is 95.3 Å². The zero-order chi connectivity index (χ0) is 47.4. The molecule has 1 aromatic heterocycles. The fraction of sp³-hybridized carbons (Fsp3) is 0.281. The molecule has 0 fully saturated rings. The largest absolute Gasteiger partial charge is 0.375 e. The van der Waals surface area contributed by atoms with Crippen LogP contribution >= 0.6 is 0 Å². The van der Waals surface area contributed by atoms with E-state index in [1.807, 2.05) is 0 Å². The fourth-order valence-electron chi connectivity index (χ4n) is 12.0. The average molecular weight is 886 g/mol. The molecule has 0 saturated heterocycles. The Morgan fingerprint density at radius 3 is 1.82 bits per heavy atom. The summed E-state index contributed by atoms with van der Waals surface area (Å²) in [5, 5.41) is 9.22. The minimum Gasteiger partial charge on any atom is -0.375 e. The van der Waals surface area contributed by atoms with Crippen LogP contribution in [-0.2, 0) is 21.7 Å². The summed E-state index contributed by atoms with van der Waals surface area (Å²) in [7, 11) is 0. The van der Waals surface area contributed by atoms with Crippen molar-refractivity contribution in [2.75, 3.05) is 9.71 Å². The molecule has 8 aromatic carbocycles. The number of aromatic nitrogens is 1. The van der Waals surface area contributed by atoms with Crippen molar-refractivity contribution in [2.24, 2.45) is 0 Å². The zero-order valence-electron chi connectivity index (χ0n) is 42.2. The third-order valence-corrected chi connectivity index (χ3v) is 15.5. The summed E-state index contributed by atoms with van der Waals surface area (Å²) in [4.78, 5) is 5.48. The van der Waals surface area contributed by atoms with Crippen LogP contribution < -0.4 is 20.8 Å². The lowest BCUT2D eigenvalue weighted by atomic mass is 9.44. The van der Waals surface area contributed by atoms with Crippen molar-refractivity contribution in [2.45, 2.75) is 118 Å². The molecule has 3 nitrogen and oxygen atoms in total. The summed E-state index contributed by atoms with van der Waals surface area (Å²) >= 11 is 0. The predicted molar refractivity (Wildman–Crippen MR) is 297 cm³/mol. The Kier molecular flexibility index (Phi) is 9.13. The van der Waals surface area contributed by atoms with Crippen LogP contribution in [0.2, 0.25) is 0 Å². The van der Waals surface area contributed by atoms with E-state index in [0.29, 0.717) is 0 Å². The van der Waals surface area contributed by atoms with E-state index in [0.717, 1.165) is 12.8 Å². The van der Waals surface area contributed by atoms with Crippen molar-refractivity contribution in [3.05, 3.63) is 168 Å². The third kappa shape index (κ3) is 6.25. The molecule has 0 atom stereocenters. The van der Waals surface area contributed by atoms with E-state index in [2.05, 4.69) is 243 Å². The number of nitrogens with zero attached hydrogens (tertiary/aromatic N) is 3. The van der Waals surface area contributed by atoms with Crippen molar-refractivity contribution < 1.29 is 0 Å². The Morgan fingerprint density at radius 1 is 0.515 bits per heavy atom. The number of rotatable bonds is 3. The first-order chi connectivity index (χ1) is 32.3. The number of hydrogen-bond donors (Lipinski definition) is 0.